The minimum Gasteiger partial charge on any atom is -0.495 e. The Morgan fingerprint density at radius 3 is 2.53 bits per heavy atom. The van der Waals surface area contributed by atoms with Gasteiger partial charge in [0.25, 0.3) is 6.43 Å². The molecule has 1 unspecified atom stereocenters. The molecule has 0 spiro atoms. The predicted molar refractivity (Wildman–Crippen MR) is 56.8 cm³/mol. The lowest BCUT2D eigenvalue weighted by molar-refractivity contribution is 0.130. The molecule has 0 aliphatic rings. The minimum atomic E-state index is -2.39. The summed E-state index contributed by atoms with van der Waals surface area (Å²) in [7, 11) is 1.52. The third kappa shape index (κ3) is 3.08. The fraction of sp³-hybridized carbons (Fsp3) is 0.455. The summed E-state index contributed by atoms with van der Waals surface area (Å²) in [6, 6.07) is 4.53. The number of methoxy groups -OCH3 is 1. The lowest BCUT2D eigenvalue weighted by Crippen LogP contribution is -2.24. The number of rotatable bonds is 4. The molecule has 1 N–H and O–H groups in total. The summed E-state index contributed by atoms with van der Waals surface area (Å²) < 4.78 is 29.8. The Labute approximate surface area is 88.3 Å². The number of ether oxygens (including phenoxy) is 1. The summed E-state index contributed by atoms with van der Waals surface area (Å²) in [5.41, 5.74) is 1.60. The Morgan fingerprint density at radius 1 is 1.33 bits per heavy atom. The summed E-state index contributed by atoms with van der Waals surface area (Å²) in [4.78, 5) is 0. The van der Waals surface area contributed by atoms with E-state index >= 15 is 0 Å². The molecule has 0 heterocycles. The zero-order valence-electron chi connectivity index (χ0n) is 9.05. The fourth-order valence-corrected chi connectivity index (χ4v) is 1.24. The Balaban J connectivity index is 2.87. The highest BCUT2D eigenvalue weighted by atomic mass is 19.3. The van der Waals surface area contributed by atoms with Crippen molar-refractivity contribution in [3.8, 4) is 5.75 Å². The van der Waals surface area contributed by atoms with Crippen LogP contribution in [0, 0.1) is 6.92 Å². The maximum Gasteiger partial charge on any atom is 0.258 e. The number of halogens is 2. The molecule has 0 saturated carbocycles. The zero-order valence-corrected chi connectivity index (χ0v) is 9.05. The van der Waals surface area contributed by atoms with Gasteiger partial charge in [0.2, 0.25) is 0 Å². The van der Waals surface area contributed by atoms with Gasteiger partial charge in [-0.15, -0.1) is 0 Å². The molecule has 0 aliphatic carbocycles. The third-order valence-corrected chi connectivity index (χ3v) is 2.12. The Morgan fingerprint density at radius 2 is 2.00 bits per heavy atom. The van der Waals surface area contributed by atoms with Crippen LogP contribution < -0.4 is 10.1 Å². The first kappa shape index (κ1) is 11.8. The number of nitrogens with one attached hydrogen (secondary N) is 1. The molecule has 0 fully saturated rings. The molecule has 1 atom stereocenters. The number of alkyl halides is 2. The average molecular weight is 215 g/mol. The second-order valence-electron chi connectivity index (χ2n) is 3.47. The highest BCUT2D eigenvalue weighted by Gasteiger charge is 2.15. The van der Waals surface area contributed by atoms with Gasteiger partial charge in [-0.2, -0.15) is 0 Å². The average Bonchev–Trinajstić information content (AvgIpc) is 2.18. The Bertz CT molecular complexity index is 328. The normalized spacial score (nSPS) is 12.7. The van der Waals surface area contributed by atoms with Crippen molar-refractivity contribution in [2.24, 2.45) is 0 Å². The van der Waals surface area contributed by atoms with E-state index in [0.29, 0.717) is 11.4 Å². The Hall–Kier alpha value is -1.32. The van der Waals surface area contributed by atoms with Crippen molar-refractivity contribution in [1.82, 2.24) is 0 Å². The molecule has 0 bridgehead atoms. The van der Waals surface area contributed by atoms with Gasteiger partial charge in [0.05, 0.1) is 18.8 Å². The van der Waals surface area contributed by atoms with E-state index in [-0.39, 0.29) is 0 Å². The zero-order chi connectivity index (χ0) is 11.4. The van der Waals surface area contributed by atoms with Crippen molar-refractivity contribution in [3.63, 3.8) is 0 Å². The van der Waals surface area contributed by atoms with Crippen molar-refractivity contribution < 1.29 is 13.5 Å². The van der Waals surface area contributed by atoms with Crippen LogP contribution >= 0.6 is 0 Å². The molecule has 1 rings (SSSR count). The molecule has 4 heteroatoms. The fourth-order valence-electron chi connectivity index (χ4n) is 1.24. The molecule has 15 heavy (non-hydrogen) atoms. The van der Waals surface area contributed by atoms with Crippen molar-refractivity contribution in [2.45, 2.75) is 26.3 Å². The molecular formula is C11H15F2NO. The SMILES string of the molecule is COc1ccc(C)cc1NC(C)C(F)F. The van der Waals surface area contributed by atoms with Crippen LogP contribution in [-0.2, 0) is 0 Å². The van der Waals surface area contributed by atoms with E-state index < -0.39 is 12.5 Å². The van der Waals surface area contributed by atoms with Crippen molar-refractivity contribution >= 4 is 5.69 Å². The number of benzene rings is 1. The first-order chi connectivity index (χ1) is 7.04. The molecule has 1 aromatic carbocycles. The first-order valence-corrected chi connectivity index (χ1v) is 4.74. The molecule has 0 aromatic heterocycles. The number of hydrogen-bond donors (Lipinski definition) is 1. The van der Waals surface area contributed by atoms with E-state index in [1.54, 1.807) is 12.1 Å². The minimum absolute atomic E-state index is 0.577. The van der Waals surface area contributed by atoms with Crippen molar-refractivity contribution in [3.05, 3.63) is 23.8 Å². The molecule has 84 valence electrons. The van der Waals surface area contributed by atoms with Gasteiger partial charge in [0, 0.05) is 0 Å². The van der Waals surface area contributed by atoms with E-state index in [0.717, 1.165) is 5.56 Å². The highest BCUT2D eigenvalue weighted by molar-refractivity contribution is 5.58. The number of anilines is 1. The van der Waals surface area contributed by atoms with E-state index in [4.69, 9.17) is 4.74 Å². The summed E-state index contributed by atoms with van der Waals surface area (Å²) >= 11 is 0. The van der Waals surface area contributed by atoms with E-state index in [9.17, 15) is 8.78 Å². The van der Waals surface area contributed by atoms with Crippen LogP contribution in [0.1, 0.15) is 12.5 Å². The van der Waals surface area contributed by atoms with E-state index in [1.807, 2.05) is 13.0 Å². The molecule has 1 aromatic rings. The van der Waals surface area contributed by atoms with Gasteiger partial charge < -0.3 is 10.1 Å². The van der Waals surface area contributed by atoms with Gasteiger partial charge in [-0.25, -0.2) is 8.78 Å². The van der Waals surface area contributed by atoms with Crippen molar-refractivity contribution in [1.29, 1.82) is 0 Å². The molecule has 0 aliphatic heterocycles. The predicted octanol–water partition coefficient (Wildman–Crippen LogP) is 3.07. The monoisotopic (exact) mass is 215 g/mol. The van der Waals surface area contributed by atoms with Gasteiger partial charge in [-0.1, -0.05) is 6.07 Å². The van der Waals surface area contributed by atoms with Gasteiger partial charge >= 0.3 is 0 Å². The van der Waals surface area contributed by atoms with Gasteiger partial charge in [0.1, 0.15) is 5.75 Å². The van der Waals surface area contributed by atoms with E-state index in [1.165, 1.54) is 14.0 Å². The summed E-state index contributed by atoms with van der Waals surface area (Å²) in [5, 5.41) is 2.73. The number of hydrogen-bond acceptors (Lipinski definition) is 2. The Kier molecular flexibility index (Phi) is 3.88. The first-order valence-electron chi connectivity index (χ1n) is 4.74. The van der Waals surface area contributed by atoms with Crippen LogP contribution in [0.2, 0.25) is 0 Å². The van der Waals surface area contributed by atoms with Crippen LogP contribution in [0.5, 0.6) is 5.75 Å². The number of aryl methyl sites for hydroxylation is 1. The van der Waals surface area contributed by atoms with Crippen molar-refractivity contribution in [2.75, 3.05) is 12.4 Å². The third-order valence-electron chi connectivity index (χ3n) is 2.12. The smallest absolute Gasteiger partial charge is 0.258 e. The van der Waals surface area contributed by atoms with Gasteiger partial charge in [-0.3, -0.25) is 0 Å². The summed E-state index contributed by atoms with van der Waals surface area (Å²) in [6.45, 7) is 3.34. The molecule has 0 radical (unpaired) electrons. The van der Waals surface area contributed by atoms with Crippen LogP contribution in [-0.4, -0.2) is 19.6 Å². The largest absolute Gasteiger partial charge is 0.495 e. The molecular weight excluding hydrogens is 200 g/mol. The van der Waals surface area contributed by atoms with Crippen LogP contribution in [0.15, 0.2) is 18.2 Å². The van der Waals surface area contributed by atoms with Crippen LogP contribution in [0.4, 0.5) is 14.5 Å². The molecule has 0 amide bonds. The summed E-state index contributed by atoms with van der Waals surface area (Å²) in [6.07, 6.45) is -2.39. The maximum absolute atomic E-state index is 12.3. The second-order valence-corrected chi connectivity index (χ2v) is 3.47. The van der Waals surface area contributed by atoms with Crippen LogP contribution in [0.3, 0.4) is 0 Å². The van der Waals surface area contributed by atoms with E-state index in [2.05, 4.69) is 5.32 Å². The van der Waals surface area contributed by atoms with Crippen LogP contribution in [0.25, 0.3) is 0 Å². The summed E-state index contributed by atoms with van der Waals surface area (Å²) in [5.74, 6) is 0.577. The topological polar surface area (TPSA) is 21.3 Å². The molecule has 2 nitrogen and oxygen atoms in total. The maximum atomic E-state index is 12.3. The second kappa shape index (κ2) is 4.96. The standard InChI is InChI=1S/C11H15F2NO/c1-7-4-5-10(15-3)9(6-7)14-8(2)11(12)13/h4-6,8,11,14H,1-3H3. The quantitative estimate of drug-likeness (QED) is 0.833. The van der Waals surface area contributed by atoms with Gasteiger partial charge in [0.15, 0.2) is 0 Å². The molecule has 0 saturated heterocycles. The lowest BCUT2D eigenvalue weighted by Gasteiger charge is -2.17. The highest BCUT2D eigenvalue weighted by Crippen LogP contribution is 2.26. The van der Waals surface area contributed by atoms with Gasteiger partial charge in [-0.05, 0) is 31.5 Å². The lowest BCUT2D eigenvalue weighted by atomic mass is 10.2.